The number of piperidine rings is 1. The van der Waals surface area contributed by atoms with Crippen LogP contribution in [0.25, 0.3) is 22.0 Å². The van der Waals surface area contributed by atoms with Crippen molar-refractivity contribution in [3.8, 4) is 17.0 Å². The first-order valence-electron chi connectivity index (χ1n) is 14.8. The van der Waals surface area contributed by atoms with Crippen LogP contribution in [0.2, 0.25) is 0 Å². The fourth-order valence-electron chi connectivity index (χ4n) is 5.94. The normalized spacial score (nSPS) is 16.3. The van der Waals surface area contributed by atoms with Crippen LogP contribution in [0.5, 0.6) is 5.88 Å². The van der Waals surface area contributed by atoms with Crippen LogP contribution in [0.3, 0.4) is 0 Å². The molecule has 11 nitrogen and oxygen atoms in total. The second-order valence-electron chi connectivity index (χ2n) is 12.7. The van der Waals surface area contributed by atoms with Crippen molar-refractivity contribution >= 4 is 38.5 Å². The number of carbonyl (C=O) groups excluding carboxylic acids is 1. The van der Waals surface area contributed by atoms with Gasteiger partial charge < -0.3 is 19.3 Å². The second-order valence-corrected chi connectivity index (χ2v) is 14.4. The summed E-state index contributed by atoms with van der Waals surface area (Å²) >= 11 is 0. The Bertz CT molecular complexity index is 1920. The zero-order valence-electron chi connectivity index (χ0n) is 25.9. The third kappa shape index (κ3) is 6.26. The number of anilines is 2. The monoisotopic (exact) mass is 652 g/mol. The van der Waals surface area contributed by atoms with E-state index in [1.165, 1.54) is 25.7 Å². The first kappa shape index (κ1) is 31.4. The van der Waals surface area contributed by atoms with Gasteiger partial charge in [0.2, 0.25) is 5.88 Å². The Labute approximate surface area is 265 Å². The van der Waals surface area contributed by atoms with Crippen LogP contribution in [0.4, 0.5) is 25.1 Å². The van der Waals surface area contributed by atoms with Crippen molar-refractivity contribution in [2.75, 3.05) is 42.9 Å². The minimum absolute atomic E-state index is 0.0180. The summed E-state index contributed by atoms with van der Waals surface area (Å²) in [7, 11) is -3.11. The Morgan fingerprint density at radius 1 is 0.978 bits per heavy atom. The van der Waals surface area contributed by atoms with E-state index in [-0.39, 0.29) is 23.1 Å². The maximum absolute atomic E-state index is 14.3. The van der Waals surface area contributed by atoms with Gasteiger partial charge in [0.15, 0.2) is 0 Å². The van der Waals surface area contributed by atoms with E-state index in [4.69, 9.17) is 9.47 Å². The first-order chi connectivity index (χ1) is 21.8. The number of hydrogen-bond acceptors (Lipinski definition) is 9. The number of aromatic nitrogens is 3. The van der Waals surface area contributed by atoms with Crippen molar-refractivity contribution in [3.05, 3.63) is 66.6 Å². The number of benzene rings is 2. The average Bonchev–Trinajstić information content (AvgIpc) is 2.98. The number of amides is 1. The number of rotatable bonds is 6. The Morgan fingerprint density at radius 2 is 1.72 bits per heavy atom. The highest BCUT2D eigenvalue weighted by molar-refractivity contribution is 7.92. The van der Waals surface area contributed by atoms with E-state index in [1.807, 2.05) is 39.0 Å². The molecule has 1 N–H and O–H groups in total. The lowest BCUT2D eigenvalue weighted by Crippen LogP contribution is -2.62. The highest BCUT2D eigenvalue weighted by Gasteiger charge is 2.48. The van der Waals surface area contributed by atoms with Crippen molar-refractivity contribution in [2.24, 2.45) is 5.41 Å². The molecule has 0 bridgehead atoms. The van der Waals surface area contributed by atoms with Gasteiger partial charge in [-0.05, 0) is 69.5 Å². The molecule has 2 aliphatic rings. The number of methoxy groups -OCH3 is 1. The Morgan fingerprint density at radius 3 is 2.39 bits per heavy atom. The van der Waals surface area contributed by atoms with Gasteiger partial charge in [0.05, 0.1) is 12.6 Å². The molecule has 6 rings (SSSR count). The molecule has 2 fully saturated rings. The molecule has 14 heteroatoms. The molecule has 46 heavy (non-hydrogen) atoms. The van der Waals surface area contributed by atoms with Gasteiger partial charge in [-0.2, -0.15) is 0 Å². The predicted octanol–water partition coefficient (Wildman–Crippen LogP) is 5.62. The molecular formula is C32H34F2N6O5S. The van der Waals surface area contributed by atoms with Crippen molar-refractivity contribution in [1.82, 2.24) is 19.9 Å². The molecule has 0 atom stereocenters. The van der Waals surface area contributed by atoms with Gasteiger partial charge in [-0.25, -0.2) is 36.9 Å². The van der Waals surface area contributed by atoms with Crippen LogP contribution >= 0.6 is 0 Å². The number of fused-ring (bicyclic) bond motifs is 1. The topological polar surface area (TPSA) is 127 Å². The van der Waals surface area contributed by atoms with Crippen molar-refractivity contribution in [1.29, 1.82) is 0 Å². The maximum atomic E-state index is 14.3. The van der Waals surface area contributed by atoms with E-state index in [0.29, 0.717) is 30.3 Å². The summed E-state index contributed by atoms with van der Waals surface area (Å²) in [6.07, 6.45) is 4.60. The van der Waals surface area contributed by atoms with E-state index < -0.39 is 32.2 Å². The molecule has 2 aromatic heterocycles. The Kier molecular flexibility index (Phi) is 7.95. The fourth-order valence-corrected chi connectivity index (χ4v) is 7.05. The lowest BCUT2D eigenvalue weighted by atomic mass is 9.72. The number of halogens is 2. The molecular weight excluding hydrogens is 618 g/mol. The van der Waals surface area contributed by atoms with Crippen LogP contribution in [-0.4, -0.2) is 73.3 Å². The van der Waals surface area contributed by atoms with Gasteiger partial charge in [0, 0.05) is 54.8 Å². The molecule has 1 amide bonds. The molecule has 4 aromatic rings. The summed E-state index contributed by atoms with van der Waals surface area (Å²) in [6, 6.07) is 9.37. The molecule has 242 valence electrons. The van der Waals surface area contributed by atoms with E-state index in [2.05, 4.69) is 24.6 Å². The summed E-state index contributed by atoms with van der Waals surface area (Å²) in [5.74, 6) is -1.37. The minimum atomic E-state index is -4.44. The molecule has 1 spiro atoms. The molecule has 0 saturated carbocycles. The van der Waals surface area contributed by atoms with Gasteiger partial charge in [0.1, 0.15) is 40.0 Å². The van der Waals surface area contributed by atoms with Crippen LogP contribution < -0.4 is 14.4 Å². The summed E-state index contributed by atoms with van der Waals surface area (Å²) in [6.45, 7) is 8.45. The van der Waals surface area contributed by atoms with E-state index in [9.17, 15) is 22.0 Å². The van der Waals surface area contributed by atoms with E-state index in [0.717, 1.165) is 54.8 Å². The molecule has 0 unspecified atom stereocenters. The van der Waals surface area contributed by atoms with E-state index in [1.54, 1.807) is 4.90 Å². The lowest BCUT2D eigenvalue weighted by Gasteiger charge is -2.53. The summed E-state index contributed by atoms with van der Waals surface area (Å²) < 4.78 is 66.9. The number of pyridine rings is 1. The number of nitrogens with zero attached hydrogens (tertiary/aromatic N) is 5. The zero-order valence-corrected chi connectivity index (χ0v) is 26.7. The largest absolute Gasteiger partial charge is 0.480 e. The minimum Gasteiger partial charge on any atom is -0.480 e. The van der Waals surface area contributed by atoms with Crippen LogP contribution in [-0.2, 0) is 14.8 Å². The van der Waals surface area contributed by atoms with Gasteiger partial charge in [0.25, 0.3) is 10.0 Å². The highest BCUT2D eigenvalue weighted by atomic mass is 32.2. The third-order valence-corrected chi connectivity index (χ3v) is 9.65. The number of hydrogen-bond donors (Lipinski definition) is 1. The number of sulfonamides is 1. The summed E-state index contributed by atoms with van der Waals surface area (Å²) in [4.78, 5) is 29.1. The molecule has 4 heterocycles. The van der Waals surface area contributed by atoms with Gasteiger partial charge >= 0.3 is 6.09 Å². The Balaban J connectivity index is 1.23. The summed E-state index contributed by atoms with van der Waals surface area (Å²) in [5, 5.41) is 0.811. The average molecular weight is 653 g/mol. The van der Waals surface area contributed by atoms with E-state index >= 15 is 0 Å². The number of likely N-dealkylation sites (tertiary alicyclic amines) is 1. The number of ether oxygens (including phenoxy) is 2. The first-order valence-corrected chi connectivity index (χ1v) is 16.2. The number of carbonyl (C=O) groups is 1. The van der Waals surface area contributed by atoms with Gasteiger partial charge in [-0.3, -0.25) is 4.72 Å². The van der Waals surface area contributed by atoms with Crippen molar-refractivity contribution in [2.45, 2.75) is 44.1 Å². The predicted molar refractivity (Wildman–Crippen MR) is 168 cm³/mol. The van der Waals surface area contributed by atoms with Gasteiger partial charge in [-0.15, -0.1) is 0 Å². The van der Waals surface area contributed by atoms with Crippen molar-refractivity contribution in [3.63, 3.8) is 0 Å². The van der Waals surface area contributed by atoms with Crippen molar-refractivity contribution < 1.29 is 31.5 Å². The standard InChI is InChI=1S/C32H34F2N6O5S/c1-31(2,3)45-30(41)40-17-32(18-40)9-11-39(12-10-32)28-23-13-20(5-7-25(23)36-19-37-28)21-14-26(29(44-4)35-16-21)38-46(42,43)27-8-6-22(33)15-24(27)34/h5-8,13-16,19,38H,9-12,17-18H2,1-4H3. The molecule has 0 radical (unpaired) electrons. The quantitative estimate of drug-likeness (QED) is 0.283. The number of nitrogens with one attached hydrogen (secondary N) is 1. The Hall–Kier alpha value is -4.59. The SMILES string of the molecule is COc1ncc(-c2ccc3ncnc(N4CCC5(CC4)CN(C(=O)OC(C)(C)C)C5)c3c2)cc1NS(=O)(=O)c1ccc(F)cc1F. The fraction of sp³-hybridized carbons (Fsp3) is 0.375. The third-order valence-electron chi connectivity index (χ3n) is 8.25. The molecule has 0 aliphatic carbocycles. The van der Waals surface area contributed by atoms with Crippen LogP contribution in [0, 0.1) is 17.0 Å². The zero-order chi connectivity index (χ0) is 32.9. The molecule has 2 saturated heterocycles. The second kappa shape index (κ2) is 11.6. The van der Waals surface area contributed by atoms with Gasteiger partial charge in [-0.1, -0.05) is 6.07 Å². The summed E-state index contributed by atoms with van der Waals surface area (Å²) in [5.41, 5.74) is 1.53. The van der Waals surface area contributed by atoms with Crippen LogP contribution in [0.1, 0.15) is 33.6 Å². The maximum Gasteiger partial charge on any atom is 0.410 e. The van der Waals surface area contributed by atoms with Crippen LogP contribution in [0.15, 0.2) is 59.9 Å². The molecule has 2 aliphatic heterocycles. The molecule has 2 aromatic carbocycles. The lowest BCUT2D eigenvalue weighted by molar-refractivity contribution is -0.0434. The highest BCUT2D eigenvalue weighted by Crippen LogP contribution is 2.42. The smallest absolute Gasteiger partial charge is 0.410 e.